The van der Waals surface area contributed by atoms with Crippen LogP contribution in [0.3, 0.4) is 0 Å². The van der Waals surface area contributed by atoms with Crippen molar-refractivity contribution in [2.24, 2.45) is 5.73 Å². The van der Waals surface area contributed by atoms with E-state index < -0.39 is 0 Å². The van der Waals surface area contributed by atoms with Crippen LogP contribution < -0.4 is 11.1 Å². The molecule has 0 spiro atoms. The lowest BCUT2D eigenvalue weighted by Crippen LogP contribution is -2.32. The van der Waals surface area contributed by atoms with Gasteiger partial charge in [0.2, 0.25) is 11.0 Å². The molecule has 0 atom stereocenters. The standard InChI is InChI=1S/C4H8N2O2S/c5-1-3(7)6-2-4(8)9/h1-2,5H2,(H,6,7)(H,8,9). The molecule has 0 rings (SSSR count). The van der Waals surface area contributed by atoms with E-state index in [1.807, 2.05) is 0 Å². The smallest absolute Gasteiger partial charge is 0.234 e. The van der Waals surface area contributed by atoms with Crippen LogP contribution in [0, 0.1) is 0 Å². The van der Waals surface area contributed by atoms with Crippen molar-refractivity contribution in [3.8, 4) is 0 Å². The Labute approximate surface area is 58.2 Å². The summed E-state index contributed by atoms with van der Waals surface area (Å²) in [4.78, 5) is 20.4. The largest absolute Gasteiger partial charge is 0.347 e. The Balaban J connectivity index is 3.28. The zero-order valence-corrected chi connectivity index (χ0v) is 5.65. The molecule has 5 heteroatoms. The fourth-order valence-corrected chi connectivity index (χ4v) is 0.325. The first-order valence-corrected chi connectivity index (χ1v) is 2.80. The third-order valence-corrected chi connectivity index (χ3v) is 0.780. The summed E-state index contributed by atoms with van der Waals surface area (Å²) in [6.45, 7) is -0.153. The molecule has 52 valence electrons. The van der Waals surface area contributed by atoms with Crippen LogP contribution >= 0.6 is 12.6 Å². The lowest BCUT2D eigenvalue weighted by molar-refractivity contribution is -0.121. The Morgan fingerprint density at radius 2 is 2.11 bits per heavy atom. The van der Waals surface area contributed by atoms with Crippen molar-refractivity contribution in [3.05, 3.63) is 0 Å². The van der Waals surface area contributed by atoms with Crippen molar-refractivity contribution in [2.75, 3.05) is 13.1 Å². The zero-order chi connectivity index (χ0) is 7.28. The molecular weight excluding hydrogens is 140 g/mol. The number of carbonyl (C=O) groups excluding carboxylic acids is 2. The van der Waals surface area contributed by atoms with Crippen molar-refractivity contribution in [2.45, 2.75) is 0 Å². The van der Waals surface area contributed by atoms with Gasteiger partial charge in [0.15, 0.2) is 0 Å². The predicted octanol–water partition coefficient (Wildman–Crippen LogP) is -1.48. The second-order valence-electron chi connectivity index (χ2n) is 1.37. The summed E-state index contributed by atoms with van der Waals surface area (Å²) < 4.78 is 0. The minimum Gasteiger partial charge on any atom is -0.347 e. The molecule has 0 aliphatic rings. The average molecular weight is 148 g/mol. The quantitative estimate of drug-likeness (QED) is 0.427. The molecule has 0 unspecified atom stereocenters. The first-order valence-electron chi connectivity index (χ1n) is 2.35. The molecule has 4 nitrogen and oxygen atoms in total. The van der Waals surface area contributed by atoms with E-state index in [-0.39, 0.29) is 24.1 Å². The summed E-state index contributed by atoms with van der Waals surface area (Å²) in [5, 5.41) is 1.86. The van der Waals surface area contributed by atoms with Crippen molar-refractivity contribution in [3.63, 3.8) is 0 Å². The molecule has 0 bridgehead atoms. The highest BCUT2D eigenvalue weighted by molar-refractivity contribution is 7.96. The van der Waals surface area contributed by atoms with Crippen LogP contribution in [0.1, 0.15) is 0 Å². The molecule has 9 heavy (non-hydrogen) atoms. The van der Waals surface area contributed by atoms with Gasteiger partial charge in [0.25, 0.3) is 0 Å². The first-order chi connectivity index (χ1) is 4.16. The van der Waals surface area contributed by atoms with Crippen LogP contribution in [0.4, 0.5) is 0 Å². The molecule has 3 N–H and O–H groups in total. The summed E-state index contributed by atoms with van der Waals surface area (Å²) in [7, 11) is 0. The van der Waals surface area contributed by atoms with Crippen molar-refractivity contribution in [1.82, 2.24) is 5.32 Å². The van der Waals surface area contributed by atoms with E-state index in [0.29, 0.717) is 0 Å². The van der Waals surface area contributed by atoms with Crippen molar-refractivity contribution < 1.29 is 9.59 Å². The number of carbonyl (C=O) groups is 2. The maximum Gasteiger partial charge on any atom is 0.234 e. The SMILES string of the molecule is NCC(=O)NCC(=O)S. The van der Waals surface area contributed by atoms with Gasteiger partial charge in [-0.15, -0.1) is 12.6 Å². The van der Waals surface area contributed by atoms with Crippen LogP contribution in [0.5, 0.6) is 0 Å². The highest BCUT2D eigenvalue weighted by Crippen LogP contribution is 1.72. The molecule has 1 amide bonds. The molecule has 0 fully saturated rings. The number of amides is 1. The van der Waals surface area contributed by atoms with E-state index in [2.05, 4.69) is 17.9 Å². The van der Waals surface area contributed by atoms with E-state index in [0.717, 1.165) is 0 Å². The third kappa shape index (κ3) is 5.32. The number of hydrogen-bond acceptors (Lipinski definition) is 3. The highest BCUT2D eigenvalue weighted by Gasteiger charge is 1.97. The number of thiol groups is 1. The maximum atomic E-state index is 10.3. The Hall–Kier alpha value is -0.550. The minimum atomic E-state index is -0.378. The van der Waals surface area contributed by atoms with E-state index in [1.165, 1.54) is 0 Å². The monoisotopic (exact) mass is 148 g/mol. The van der Waals surface area contributed by atoms with Gasteiger partial charge in [-0.2, -0.15) is 0 Å². The van der Waals surface area contributed by atoms with Gasteiger partial charge in [-0.3, -0.25) is 9.59 Å². The van der Waals surface area contributed by atoms with Crippen molar-refractivity contribution in [1.29, 1.82) is 0 Å². The van der Waals surface area contributed by atoms with Gasteiger partial charge in [-0.1, -0.05) is 0 Å². The molecule has 0 aromatic carbocycles. The summed E-state index contributed by atoms with van der Waals surface area (Å²) in [6.07, 6.45) is 0. The van der Waals surface area contributed by atoms with E-state index in [1.54, 1.807) is 0 Å². The van der Waals surface area contributed by atoms with Crippen LogP contribution in [0.25, 0.3) is 0 Å². The fourth-order valence-electron chi connectivity index (χ4n) is 0.246. The average Bonchev–Trinajstić information content (AvgIpc) is 1.83. The predicted molar refractivity (Wildman–Crippen MR) is 36.1 cm³/mol. The number of rotatable bonds is 3. The normalized spacial score (nSPS) is 8.67. The van der Waals surface area contributed by atoms with Crippen LogP contribution in [0.2, 0.25) is 0 Å². The Kier molecular flexibility index (Phi) is 4.08. The van der Waals surface area contributed by atoms with Gasteiger partial charge in [-0.25, -0.2) is 0 Å². The molecule has 0 saturated heterocycles. The van der Waals surface area contributed by atoms with Gasteiger partial charge >= 0.3 is 0 Å². The maximum absolute atomic E-state index is 10.3. The lowest BCUT2D eigenvalue weighted by atomic mass is 10.6. The Bertz CT molecular complexity index is 126. The molecular formula is C4H8N2O2S. The van der Waals surface area contributed by atoms with Gasteiger partial charge in [-0.05, 0) is 0 Å². The topological polar surface area (TPSA) is 72.2 Å². The number of nitrogens with one attached hydrogen (secondary N) is 1. The van der Waals surface area contributed by atoms with E-state index >= 15 is 0 Å². The highest BCUT2D eigenvalue weighted by atomic mass is 32.1. The first kappa shape index (κ1) is 8.45. The summed E-state index contributed by atoms with van der Waals surface area (Å²) in [5.41, 5.74) is 4.91. The molecule has 0 radical (unpaired) electrons. The van der Waals surface area contributed by atoms with E-state index in [9.17, 15) is 9.59 Å². The van der Waals surface area contributed by atoms with Gasteiger partial charge < -0.3 is 11.1 Å². The fraction of sp³-hybridized carbons (Fsp3) is 0.500. The number of hydrogen-bond donors (Lipinski definition) is 3. The van der Waals surface area contributed by atoms with Gasteiger partial charge in [0, 0.05) is 0 Å². The lowest BCUT2D eigenvalue weighted by Gasteiger charge is -1.96. The molecule has 0 heterocycles. The molecule has 0 aliphatic heterocycles. The molecule has 0 saturated carbocycles. The minimum absolute atomic E-state index is 0.0564. The zero-order valence-electron chi connectivity index (χ0n) is 4.76. The van der Waals surface area contributed by atoms with Gasteiger partial charge in [0.1, 0.15) is 0 Å². The van der Waals surface area contributed by atoms with Crippen LogP contribution in [-0.4, -0.2) is 24.1 Å². The summed E-state index contributed by atoms with van der Waals surface area (Å²) >= 11 is 3.42. The van der Waals surface area contributed by atoms with Crippen molar-refractivity contribution >= 4 is 23.7 Å². The summed E-state index contributed by atoms with van der Waals surface area (Å²) in [5.74, 6) is -0.350. The Morgan fingerprint density at radius 3 is 2.44 bits per heavy atom. The Morgan fingerprint density at radius 1 is 1.56 bits per heavy atom. The molecule has 0 aliphatic carbocycles. The van der Waals surface area contributed by atoms with Crippen LogP contribution in [-0.2, 0) is 9.59 Å². The van der Waals surface area contributed by atoms with Crippen LogP contribution in [0.15, 0.2) is 0 Å². The second kappa shape index (κ2) is 4.34. The molecule has 0 aromatic heterocycles. The number of nitrogens with two attached hydrogens (primary N) is 1. The third-order valence-electron chi connectivity index (χ3n) is 0.622. The van der Waals surface area contributed by atoms with Gasteiger partial charge in [0.05, 0.1) is 13.1 Å². The summed E-state index contributed by atoms with van der Waals surface area (Å²) in [6, 6.07) is 0. The second-order valence-corrected chi connectivity index (χ2v) is 1.87. The molecule has 0 aromatic rings. The van der Waals surface area contributed by atoms with E-state index in [4.69, 9.17) is 5.73 Å².